The molecule has 0 spiro atoms. The van der Waals surface area contributed by atoms with Crippen LogP contribution in [0.25, 0.3) is 0 Å². The van der Waals surface area contributed by atoms with Crippen LogP contribution < -0.4 is 4.74 Å². The molecule has 6 heteroatoms. The molecule has 1 atom stereocenters. The molecule has 0 N–H and O–H groups in total. The molecule has 2 aromatic rings. The summed E-state index contributed by atoms with van der Waals surface area (Å²) in [6.45, 7) is 1.89. The third kappa shape index (κ3) is 2.84. The molecule has 0 amide bonds. The SMILES string of the molecule is CC(Oc1cccc(Cl)c1)c1nc(Cl)ns1. The van der Waals surface area contributed by atoms with Crippen molar-refractivity contribution in [3.8, 4) is 5.75 Å². The second-order valence-electron chi connectivity index (χ2n) is 3.12. The summed E-state index contributed by atoms with van der Waals surface area (Å²) in [4.78, 5) is 4.04. The number of hydrogen-bond acceptors (Lipinski definition) is 4. The van der Waals surface area contributed by atoms with Crippen molar-refractivity contribution in [3.63, 3.8) is 0 Å². The van der Waals surface area contributed by atoms with Crippen LogP contribution in [0.3, 0.4) is 0 Å². The minimum atomic E-state index is -0.191. The first kappa shape index (κ1) is 11.6. The maximum Gasteiger partial charge on any atom is 0.234 e. The minimum Gasteiger partial charge on any atom is -0.483 e. The highest BCUT2D eigenvalue weighted by molar-refractivity contribution is 7.05. The van der Waals surface area contributed by atoms with Gasteiger partial charge in [-0.25, -0.2) is 4.98 Å². The lowest BCUT2D eigenvalue weighted by Crippen LogP contribution is -2.02. The molecular weight excluding hydrogens is 267 g/mol. The van der Waals surface area contributed by atoms with Gasteiger partial charge in [-0.3, -0.25) is 0 Å². The van der Waals surface area contributed by atoms with Crippen LogP contribution in [0.15, 0.2) is 24.3 Å². The van der Waals surface area contributed by atoms with E-state index in [1.54, 1.807) is 12.1 Å². The summed E-state index contributed by atoms with van der Waals surface area (Å²) >= 11 is 12.7. The van der Waals surface area contributed by atoms with Gasteiger partial charge in [-0.2, -0.15) is 4.37 Å². The standard InChI is InChI=1S/C10H8Cl2N2OS/c1-6(9-13-10(12)14-16-9)15-8-4-2-3-7(11)5-8/h2-6H,1H3. The van der Waals surface area contributed by atoms with Crippen LogP contribution in [-0.4, -0.2) is 9.36 Å². The zero-order chi connectivity index (χ0) is 11.5. The summed E-state index contributed by atoms with van der Waals surface area (Å²) in [5.41, 5.74) is 0. The summed E-state index contributed by atoms with van der Waals surface area (Å²) < 4.78 is 9.55. The molecule has 1 aromatic carbocycles. The van der Waals surface area contributed by atoms with Crippen LogP contribution in [-0.2, 0) is 0 Å². The van der Waals surface area contributed by atoms with Gasteiger partial charge in [0.15, 0.2) is 5.01 Å². The van der Waals surface area contributed by atoms with Crippen molar-refractivity contribution >= 4 is 34.7 Å². The van der Waals surface area contributed by atoms with Crippen LogP contribution in [0.1, 0.15) is 18.0 Å². The second-order valence-corrected chi connectivity index (χ2v) is 4.68. The minimum absolute atomic E-state index is 0.191. The lowest BCUT2D eigenvalue weighted by molar-refractivity contribution is 0.226. The van der Waals surface area contributed by atoms with E-state index in [-0.39, 0.29) is 11.4 Å². The first-order valence-corrected chi connectivity index (χ1v) is 6.09. The van der Waals surface area contributed by atoms with Crippen LogP contribution in [0.5, 0.6) is 5.75 Å². The number of benzene rings is 1. The van der Waals surface area contributed by atoms with Gasteiger partial charge in [-0.15, -0.1) is 0 Å². The first-order valence-electron chi connectivity index (χ1n) is 4.56. The number of ether oxygens (including phenoxy) is 1. The van der Waals surface area contributed by atoms with Crippen molar-refractivity contribution in [3.05, 3.63) is 39.6 Å². The Balaban J connectivity index is 2.10. The molecule has 1 aromatic heterocycles. The molecule has 0 saturated heterocycles. The maximum absolute atomic E-state index is 5.85. The number of halogens is 2. The number of rotatable bonds is 3. The monoisotopic (exact) mass is 274 g/mol. The number of aromatic nitrogens is 2. The Morgan fingerprint density at radius 3 is 2.81 bits per heavy atom. The Morgan fingerprint density at radius 1 is 1.38 bits per heavy atom. The van der Waals surface area contributed by atoms with Gasteiger partial charge < -0.3 is 4.74 Å². The van der Waals surface area contributed by atoms with Crippen molar-refractivity contribution in [1.82, 2.24) is 9.36 Å². The highest BCUT2D eigenvalue weighted by Crippen LogP contribution is 2.25. The topological polar surface area (TPSA) is 35.0 Å². The third-order valence-electron chi connectivity index (χ3n) is 1.87. The molecule has 84 valence electrons. The summed E-state index contributed by atoms with van der Waals surface area (Å²) in [5.74, 6) is 0.700. The molecule has 2 rings (SSSR count). The van der Waals surface area contributed by atoms with Gasteiger partial charge in [0.1, 0.15) is 11.9 Å². The lowest BCUT2D eigenvalue weighted by atomic mass is 10.3. The van der Waals surface area contributed by atoms with Gasteiger partial charge in [0, 0.05) is 5.02 Å². The lowest BCUT2D eigenvalue weighted by Gasteiger charge is -2.11. The number of hydrogen-bond donors (Lipinski definition) is 0. The third-order valence-corrected chi connectivity index (χ3v) is 3.25. The summed E-state index contributed by atoms with van der Waals surface area (Å²) in [6, 6.07) is 7.21. The van der Waals surface area contributed by atoms with Gasteiger partial charge in [-0.05, 0) is 48.3 Å². The zero-order valence-corrected chi connectivity index (χ0v) is 10.7. The van der Waals surface area contributed by atoms with E-state index in [9.17, 15) is 0 Å². The summed E-state index contributed by atoms with van der Waals surface area (Å²) in [6.07, 6.45) is -0.191. The Morgan fingerprint density at radius 2 is 2.19 bits per heavy atom. The van der Waals surface area contributed by atoms with E-state index in [1.165, 1.54) is 11.5 Å². The fraction of sp³-hybridized carbons (Fsp3) is 0.200. The predicted molar refractivity (Wildman–Crippen MR) is 65.4 cm³/mol. The van der Waals surface area contributed by atoms with Crippen molar-refractivity contribution < 1.29 is 4.74 Å². The molecule has 0 radical (unpaired) electrons. The van der Waals surface area contributed by atoms with Gasteiger partial charge >= 0.3 is 0 Å². The van der Waals surface area contributed by atoms with Crippen LogP contribution in [0.4, 0.5) is 0 Å². The van der Waals surface area contributed by atoms with Gasteiger partial charge in [0.25, 0.3) is 0 Å². The van der Waals surface area contributed by atoms with E-state index in [4.69, 9.17) is 27.9 Å². The van der Waals surface area contributed by atoms with E-state index in [0.717, 1.165) is 5.01 Å². The van der Waals surface area contributed by atoms with Crippen molar-refractivity contribution in [1.29, 1.82) is 0 Å². The second kappa shape index (κ2) is 4.99. The van der Waals surface area contributed by atoms with Crippen LogP contribution in [0, 0.1) is 0 Å². The molecule has 16 heavy (non-hydrogen) atoms. The highest BCUT2D eigenvalue weighted by Gasteiger charge is 2.12. The molecule has 0 aliphatic heterocycles. The van der Waals surface area contributed by atoms with Crippen molar-refractivity contribution in [2.75, 3.05) is 0 Å². The van der Waals surface area contributed by atoms with Crippen molar-refractivity contribution in [2.45, 2.75) is 13.0 Å². The molecule has 3 nitrogen and oxygen atoms in total. The fourth-order valence-electron chi connectivity index (χ4n) is 1.18. The van der Waals surface area contributed by atoms with E-state index < -0.39 is 0 Å². The van der Waals surface area contributed by atoms with Crippen LogP contribution >= 0.6 is 34.7 Å². The average molecular weight is 275 g/mol. The smallest absolute Gasteiger partial charge is 0.234 e. The Labute approximate surface area is 107 Å². The Kier molecular flexibility index (Phi) is 3.63. The molecule has 0 aliphatic carbocycles. The predicted octanol–water partition coefficient (Wildman–Crippen LogP) is 3.98. The molecule has 1 unspecified atom stereocenters. The molecule has 0 saturated carbocycles. The molecule has 1 heterocycles. The van der Waals surface area contributed by atoms with Gasteiger partial charge in [0.05, 0.1) is 0 Å². The summed E-state index contributed by atoms with van der Waals surface area (Å²) in [7, 11) is 0. The average Bonchev–Trinajstić information content (AvgIpc) is 2.65. The van der Waals surface area contributed by atoms with E-state index >= 15 is 0 Å². The fourth-order valence-corrected chi connectivity index (χ4v) is 2.13. The van der Waals surface area contributed by atoms with Gasteiger partial charge in [-0.1, -0.05) is 17.7 Å². The van der Waals surface area contributed by atoms with E-state index in [0.29, 0.717) is 10.8 Å². The highest BCUT2D eigenvalue weighted by atomic mass is 35.5. The normalized spacial score (nSPS) is 12.4. The Hall–Kier alpha value is -0.840. The molecule has 0 aliphatic rings. The molecular formula is C10H8Cl2N2OS. The van der Waals surface area contributed by atoms with Gasteiger partial charge in [0.2, 0.25) is 5.28 Å². The zero-order valence-electron chi connectivity index (χ0n) is 8.35. The first-order chi connectivity index (χ1) is 7.65. The molecule has 0 fully saturated rings. The summed E-state index contributed by atoms with van der Waals surface area (Å²) in [5, 5.41) is 1.63. The quantitative estimate of drug-likeness (QED) is 0.849. The van der Waals surface area contributed by atoms with Crippen molar-refractivity contribution in [2.24, 2.45) is 0 Å². The van der Waals surface area contributed by atoms with E-state index in [2.05, 4.69) is 9.36 Å². The largest absolute Gasteiger partial charge is 0.483 e. The Bertz CT molecular complexity index is 489. The van der Waals surface area contributed by atoms with E-state index in [1.807, 2.05) is 19.1 Å². The maximum atomic E-state index is 5.85. The molecule has 0 bridgehead atoms. The number of nitrogens with zero attached hydrogens (tertiary/aromatic N) is 2. The van der Waals surface area contributed by atoms with Crippen LogP contribution in [0.2, 0.25) is 10.3 Å².